The van der Waals surface area contributed by atoms with E-state index in [1.54, 1.807) is 66.0 Å². The van der Waals surface area contributed by atoms with Gasteiger partial charge in [-0.1, -0.05) is 18.2 Å². The number of morpholine rings is 1. The Bertz CT molecular complexity index is 1150. The van der Waals surface area contributed by atoms with Crippen molar-refractivity contribution in [1.29, 1.82) is 0 Å². The number of urea groups is 1. The summed E-state index contributed by atoms with van der Waals surface area (Å²) < 4.78 is 5.41. The normalized spacial score (nSPS) is 13.6. The summed E-state index contributed by atoms with van der Waals surface area (Å²) in [6.45, 7) is 5.40. The van der Waals surface area contributed by atoms with E-state index in [-0.39, 0.29) is 17.6 Å². The van der Waals surface area contributed by atoms with Crippen LogP contribution in [0.3, 0.4) is 0 Å². The number of hydrogen-bond donors (Lipinski definition) is 3. The minimum atomic E-state index is -0.348. The van der Waals surface area contributed by atoms with Gasteiger partial charge >= 0.3 is 6.03 Å². The van der Waals surface area contributed by atoms with Crippen LogP contribution in [-0.4, -0.2) is 71.1 Å². The lowest BCUT2D eigenvalue weighted by Gasteiger charge is -2.27. The Balaban J connectivity index is 1.36. The monoisotopic (exact) mass is 503 g/mol. The molecule has 3 amide bonds. The molecule has 3 heterocycles. The van der Waals surface area contributed by atoms with Gasteiger partial charge in [-0.3, -0.25) is 19.7 Å². The second kappa shape index (κ2) is 13.3. The average molecular weight is 504 g/mol. The van der Waals surface area contributed by atoms with E-state index in [4.69, 9.17) is 10.5 Å². The number of anilines is 3. The summed E-state index contributed by atoms with van der Waals surface area (Å²) in [5.41, 5.74) is 8.66. The van der Waals surface area contributed by atoms with Crippen LogP contribution in [0.15, 0.2) is 67.1 Å². The van der Waals surface area contributed by atoms with Crippen molar-refractivity contribution < 1.29 is 14.3 Å². The van der Waals surface area contributed by atoms with Crippen molar-refractivity contribution in [1.82, 2.24) is 19.8 Å². The molecule has 1 aromatic carbocycles. The summed E-state index contributed by atoms with van der Waals surface area (Å²) in [5, 5.41) is 5.69. The molecule has 0 spiro atoms. The number of para-hydroxylation sites is 2. The van der Waals surface area contributed by atoms with Crippen molar-refractivity contribution in [3.63, 3.8) is 0 Å². The number of aromatic nitrogens is 2. The minimum absolute atomic E-state index is 0.208. The van der Waals surface area contributed by atoms with Gasteiger partial charge in [-0.15, -0.1) is 0 Å². The molecule has 10 nitrogen and oxygen atoms in total. The highest BCUT2D eigenvalue weighted by atomic mass is 16.5. The second-order valence-electron chi connectivity index (χ2n) is 8.85. The third-order valence-corrected chi connectivity index (χ3v) is 6.10. The van der Waals surface area contributed by atoms with E-state index in [2.05, 4.69) is 25.5 Å². The molecule has 10 heteroatoms. The summed E-state index contributed by atoms with van der Waals surface area (Å²) >= 11 is 0. The maximum atomic E-state index is 13.1. The van der Waals surface area contributed by atoms with Crippen molar-refractivity contribution in [3.05, 3.63) is 78.4 Å². The SMILES string of the molecule is Nc1ccccc1NC(=O)c1ccc(CN(CCCCN2CCOCC2)C(=O)Nc2cccnc2)cn1. The van der Waals surface area contributed by atoms with Gasteiger partial charge in [-0.25, -0.2) is 4.79 Å². The summed E-state index contributed by atoms with van der Waals surface area (Å²) in [6.07, 6.45) is 6.75. The number of amides is 3. The van der Waals surface area contributed by atoms with Gasteiger partial charge in [-0.2, -0.15) is 0 Å². The predicted molar refractivity (Wildman–Crippen MR) is 143 cm³/mol. The predicted octanol–water partition coefficient (Wildman–Crippen LogP) is 3.46. The quantitative estimate of drug-likeness (QED) is 0.286. The Kier molecular flexibility index (Phi) is 9.39. The van der Waals surface area contributed by atoms with Crippen LogP contribution in [0.5, 0.6) is 0 Å². The molecule has 3 aromatic rings. The van der Waals surface area contributed by atoms with Gasteiger partial charge < -0.3 is 26.0 Å². The number of unbranched alkanes of at least 4 members (excludes halogenated alkanes) is 1. The standard InChI is InChI=1S/C27H33N7O3/c28-23-7-1-2-8-24(23)32-26(35)25-10-9-21(18-30-25)20-34(27(36)31-22-6-5-11-29-19-22)13-4-3-12-33-14-16-37-17-15-33/h1-2,5-11,18-19H,3-4,12-17,20,28H2,(H,31,36)(H,32,35). The van der Waals surface area contributed by atoms with E-state index in [0.717, 1.165) is 51.3 Å². The number of rotatable bonds is 10. The van der Waals surface area contributed by atoms with Crippen LogP contribution in [0.2, 0.25) is 0 Å². The van der Waals surface area contributed by atoms with Crippen LogP contribution in [-0.2, 0) is 11.3 Å². The number of nitrogens with zero attached hydrogens (tertiary/aromatic N) is 4. The number of hydrogen-bond acceptors (Lipinski definition) is 7. The first-order valence-corrected chi connectivity index (χ1v) is 12.5. The van der Waals surface area contributed by atoms with E-state index in [9.17, 15) is 9.59 Å². The minimum Gasteiger partial charge on any atom is -0.397 e. The van der Waals surface area contributed by atoms with E-state index < -0.39 is 0 Å². The van der Waals surface area contributed by atoms with Crippen LogP contribution >= 0.6 is 0 Å². The molecule has 0 bridgehead atoms. The van der Waals surface area contributed by atoms with Gasteiger partial charge in [-0.05, 0) is 55.3 Å². The average Bonchev–Trinajstić information content (AvgIpc) is 2.93. The molecule has 1 aliphatic rings. The first kappa shape index (κ1) is 26.1. The molecule has 194 valence electrons. The fraction of sp³-hybridized carbons (Fsp3) is 0.333. The van der Waals surface area contributed by atoms with E-state index in [0.29, 0.717) is 30.2 Å². The molecule has 0 radical (unpaired) electrons. The topological polar surface area (TPSA) is 126 Å². The fourth-order valence-corrected chi connectivity index (χ4v) is 4.02. The van der Waals surface area contributed by atoms with E-state index in [1.165, 1.54) is 0 Å². The van der Waals surface area contributed by atoms with Gasteiger partial charge in [0.1, 0.15) is 5.69 Å². The first-order valence-electron chi connectivity index (χ1n) is 12.5. The molecule has 4 rings (SSSR count). The van der Waals surface area contributed by atoms with Crippen molar-refractivity contribution in [2.45, 2.75) is 19.4 Å². The number of nitrogens with two attached hydrogens (primary N) is 1. The fourth-order valence-electron chi connectivity index (χ4n) is 4.02. The molecule has 0 saturated carbocycles. The molecule has 4 N–H and O–H groups in total. The van der Waals surface area contributed by atoms with Crippen molar-refractivity contribution >= 4 is 29.0 Å². The highest BCUT2D eigenvalue weighted by Gasteiger charge is 2.16. The van der Waals surface area contributed by atoms with Gasteiger partial charge in [0, 0.05) is 38.6 Å². The number of benzene rings is 1. The molecule has 1 fully saturated rings. The number of nitrogens with one attached hydrogen (secondary N) is 2. The van der Waals surface area contributed by atoms with E-state index in [1.807, 2.05) is 6.07 Å². The third kappa shape index (κ3) is 7.99. The maximum absolute atomic E-state index is 13.1. The molecule has 37 heavy (non-hydrogen) atoms. The van der Waals surface area contributed by atoms with Crippen LogP contribution in [0, 0.1) is 0 Å². The zero-order valence-electron chi connectivity index (χ0n) is 20.8. The highest BCUT2D eigenvalue weighted by molar-refractivity contribution is 6.04. The zero-order chi connectivity index (χ0) is 25.9. The third-order valence-electron chi connectivity index (χ3n) is 6.10. The summed E-state index contributed by atoms with van der Waals surface area (Å²) in [6, 6.07) is 13.9. The van der Waals surface area contributed by atoms with Crippen molar-refractivity contribution in [2.24, 2.45) is 0 Å². The van der Waals surface area contributed by atoms with Crippen molar-refractivity contribution in [3.8, 4) is 0 Å². The van der Waals surface area contributed by atoms with Crippen LogP contribution < -0.4 is 16.4 Å². The molecule has 2 aromatic heterocycles. The largest absolute Gasteiger partial charge is 0.397 e. The van der Waals surface area contributed by atoms with Crippen molar-refractivity contribution in [2.75, 3.05) is 55.8 Å². The summed E-state index contributed by atoms with van der Waals surface area (Å²) in [7, 11) is 0. The first-order chi connectivity index (χ1) is 18.1. The summed E-state index contributed by atoms with van der Waals surface area (Å²) in [5.74, 6) is -0.348. The Labute approximate surface area is 216 Å². The van der Waals surface area contributed by atoms with E-state index >= 15 is 0 Å². The molecular formula is C27H33N7O3. The molecule has 0 unspecified atom stereocenters. The lowest BCUT2D eigenvalue weighted by atomic mass is 10.2. The molecule has 1 saturated heterocycles. The number of carbonyl (C=O) groups excluding carboxylic acids is 2. The molecule has 1 aliphatic heterocycles. The molecule has 0 atom stereocenters. The maximum Gasteiger partial charge on any atom is 0.322 e. The number of carbonyl (C=O) groups is 2. The number of ether oxygens (including phenoxy) is 1. The lowest BCUT2D eigenvalue weighted by molar-refractivity contribution is 0.0370. The summed E-state index contributed by atoms with van der Waals surface area (Å²) in [4.78, 5) is 38.2. The van der Waals surface area contributed by atoms with Crippen LogP contribution in [0.4, 0.5) is 21.9 Å². The van der Waals surface area contributed by atoms with Gasteiger partial charge in [0.05, 0.1) is 36.5 Å². The van der Waals surface area contributed by atoms with Gasteiger partial charge in [0.25, 0.3) is 5.91 Å². The second-order valence-corrected chi connectivity index (χ2v) is 8.85. The Morgan fingerprint density at radius 2 is 1.84 bits per heavy atom. The Morgan fingerprint density at radius 1 is 1.00 bits per heavy atom. The Hall–Kier alpha value is -4.02. The van der Waals surface area contributed by atoms with Gasteiger partial charge in [0.15, 0.2) is 0 Å². The smallest absolute Gasteiger partial charge is 0.322 e. The Morgan fingerprint density at radius 3 is 2.57 bits per heavy atom. The van der Waals surface area contributed by atoms with Crippen LogP contribution in [0.25, 0.3) is 0 Å². The van der Waals surface area contributed by atoms with Crippen LogP contribution in [0.1, 0.15) is 28.9 Å². The number of nitrogen functional groups attached to an aromatic ring is 1. The zero-order valence-corrected chi connectivity index (χ0v) is 20.8. The molecule has 0 aliphatic carbocycles. The molecular weight excluding hydrogens is 470 g/mol. The lowest BCUT2D eigenvalue weighted by Crippen LogP contribution is -2.38. The highest BCUT2D eigenvalue weighted by Crippen LogP contribution is 2.18. The van der Waals surface area contributed by atoms with Gasteiger partial charge in [0.2, 0.25) is 0 Å². The number of pyridine rings is 2.